The van der Waals surface area contributed by atoms with Crippen molar-refractivity contribution in [3.05, 3.63) is 45.7 Å². The third-order valence-corrected chi connectivity index (χ3v) is 3.34. The number of rotatable bonds is 4. The standard InChI is InChI=1S/C9H10NO4S/c1-2-15(13,14)7-8-5-3-4-6-9(8)10(11)12/h2-6H,7H2,1H3. The van der Waals surface area contributed by atoms with Crippen LogP contribution >= 0.6 is 0 Å². The van der Waals surface area contributed by atoms with E-state index in [2.05, 4.69) is 0 Å². The summed E-state index contributed by atoms with van der Waals surface area (Å²) in [5, 5.41) is 10.6. The molecule has 0 saturated carbocycles. The highest BCUT2D eigenvalue weighted by atomic mass is 32.2. The molecule has 0 amide bonds. The van der Waals surface area contributed by atoms with Gasteiger partial charge in [0, 0.05) is 11.6 Å². The van der Waals surface area contributed by atoms with E-state index >= 15 is 0 Å². The molecule has 15 heavy (non-hydrogen) atoms. The zero-order valence-corrected chi connectivity index (χ0v) is 8.90. The molecule has 0 aliphatic carbocycles. The number of nitrogens with zero attached hydrogens (tertiary/aromatic N) is 1. The second-order valence-corrected chi connectivity index (χ2v) is 5.01. The van der Waals surface area contributed by atoms with E-state index in [1.54, 1.807) is 6.07 Å². The van der Waals surface area contributed by atoms with Crippen LogP contribution in [0.3, 0.4) is 0 Å². The summed E-state index contributed by atoms with van der Waals surface area (Å²) in [6, 6.07) is 5.82. The number of hydrogen-bond donors (Lipinski definition) is 0. The quantitative estimate of drug-likeness (QED) is 0.580. The largest absolute Gasteiger partial charge is 0.273 e. The second-order valence-electron chi connectivity index (χ2n) is 2.93. The molecule has 0 aliphatic rings. The molecule has 0 heterocycles. The first-order valence-corrected chi connectivity index (χ1v) is 5.92. The SMILES string of the molecule is C[CH]S(=O)(=O)Cc1ccccc1[N+](=O)[O-]. The number of nitro benzene ring substituents is 1. The average molecular weight is 228 g/mol. The van der Waals surface area contributed by atoms with Crippen LogP contribution in [-0.2, 0) is 15.6 Å². The molecule has 1 radical (unpaired) electrons. The van der Waals surface area contributed by atoms with Crippen LogP contribution in [0.25, 0.3) is 0 Å². The van der Waals surface area contributed by atoms with Crippen LogP contribution in [-0.4, -0.2) is 13.3 Å². The first kappa shape index (κ1) is 11.6. The molecule has 0 saturated heterocycles. The van der Waals surface area contributed by atoms with E-state index in [4.69, 9.17) is 0 Å². The molecular weight excluding hydrogens is 218 g/mol. The van der Waals surface area contributed by atoms with Crippen LogP contribution in [0.1, 0.15) is 12.5 Å². The molecule has 0 aliphatic heterocycles. The Morgan fingerprint density at radius 3 is 2.53 bits per heavy atom. The van der Waals surface area contributed by atoms with E-state index in [0.29, 0.717) is 0 Å². The monoisotopic (exact) mass is 228 g/mol. The van der Waals surface area contributed by atoms with Crippen molar-refractivity contribution < 1.29 is 13.3 Å². The number of hydrogen-bond acceptors (Lipinski definition) is 4. The summed E-state index contributed by atoms with van der Waals surface area (Å²) in [4.78, 5) is 10.0. The van der Waals surface area contributed by atoms with Gasteiger partial charge in [0.25, 0.3) is 5.69 Å². The maximum absolute atomic E-state index is 11.3. The Balaban J connectivity index is 3.10. The molecular formula is C9H10NO4S. The van der Waals surface area contributed by atoms with Gasteiger partial charge in [0.1, 0.15) is 0 Å². The fourth-order valence-electron chi connectivity index (χ4n) is 1.11. The summed E-state index contributed by atoms with van der Waals surface area (Å²) in [6.45, 7) is 1.39. The van der Waals surface area contributed by atoms with Gasteiger partial charge in [0.05, 0.1) is 16.4 Å². The van der Waals surface area contributed by atoms with Crippen LogP contribution in [0.2, 0.25) is 0 Å². The molecule has 0 fully saturated rings. The Kier molecular flexibility index (Phi) is 3.41. The predicted molar refractivity (Wildman–Crippen MR) is 55.7 cm³/mol. The van der Waals surface area contributed by atoms with E-state index < -0.39 is 14.8 Å². The van der Waals surface area contributed by atoms with Crippen LogP contribution < -0.4 is 0 Å². The lowest BCUT2D eigenvalue weighted by atomic mass is 10.2. The van der Waals surface area contributed by atoms with Gasteiger partial charge in [-0.05, 0) is 6.92 Å². The molecule has 6 heteroatoms. The van der Waals surface area contributed by atoms with Gasteiger partial charge in [-0.3, -0.25) is 10.1 Å². The molecule has 0 bridgehead atoms. The van der Waals surface area contributed by atoms with Gasteiger partial charge >= 0.3 is 0 Å². The van der Waals surface area contributed by atoms with Crippen molar-refractivity contribution >= 4 is 15.5 Å². The predicted octanol–water partition coefficient (Wildman–Crippen LogP) is 1.69. The highest BCUT2D eigenvalue weighted by molar-refractivity contribution is 7.92. The normalized spacial score (nSPS) is 11.3. The van der Waals surface area contributed by atoms with Crippen molar-refractivity contribution in [2.75, 3.05) is 0 Å². The number of para-hydroxylation sites is 1. The number of benzene rings is 1. The molecule has 0 atom stereocenters. The van der Waals surface area contributed by atoms with Gasteiger partial charge in [-0.1, -0.05) is 18.2 Å². The molecule has 5 nitrogen and oxygen atoms in total. The van der Waals surface area contributed by atoms with Gasteiger partial charge in [0.15, 0.2) is 9.84 Å². The lowest BCUT2D eigenvalue weighted by Gasteiger charge is -2.02. The van der Waals surface area contributed by atoms with Crippen molar-refractivity contribution in [1.29, 1.82) is 0 Å². The highest BCUT2D eigenvalue weighted by Crippen LogP contribution is 2.20. The van der Waals surface area contributed by atoms with Crippen LogP contribution in [0.15, 0.2) is 24.3 Å². The van der Waals surface area contributed by atoms with Crippen LogP contribution in [0.4, 0.5) is 5.69 Å². The Bertz CT molecular complexity index is 467. The average Bonchev–Trinajstić information content (AvgIpc) is 2.18. The number of nitro groups is 1. The summed E-state index contributed by atoms with van der Waals surface area (Å²) in [6.07, 6.45) is 0. The minimum absolute atomic E-state index is 0.164. The van der Waals surface area contributed by atoms with Crippen molar-refractivity contribution in [2.45, 2.75) is 12.7 Å². The lowest BCUT2D eigenvalue weighted by Crippen LogP contribution is -2.05. The third kappa shape index (κ3) is 3.02. The summed E-state index contributed by atoms with van der Waals surface area (Å²) >= 11 is 0. The first-order valence-electron chi connectivity index (χ1n) is 4.20. The zero-order chi connectivity index (χ0) is 11.5. The van der Waals surface area contributed by atoms with Crippen LogP contribution in [0, 0.1) is 15.9 Å². The second kappa shape index (κ2) is 4.39. The molecule has 0 unspecified atom stereocenters. The van der Waals surface area contributed by atoms with Gasteiger partial charge < -0.3 is 0 Å². The minimum atomic E-state index is -3.36. The minimum Gasteiger partial charge on any atom is -0.258 e. The summed E-state index contributed by atoms with van der Waals surface area (Å²) < 4.78 is 22.5. The Morgan fingerprint density at radius 2 is 2.00 bits per heavy atom. The highest BCUT2D eigenvalue weighted by Gasteiger charge is 2.18. The Hall–Kier alpha value is -1.43. The maximum Gasteiger partial charge on any atom is 0.273 e. The van der Waals surface area contributed by atoms with Crippen molar-refractivity contribution in [3.8, 4) is 0 Å². The van der Waals surface area contributed by atoms with E-state index in [0.717, 1.165) is 5.75 Å². The van der Waals surface area contributed by atoms with Gasteiger partial charge in [0.2, 0.25) is 0 Å². The molecule has 0 N–H and O–H groups in total. The van der Waals surface area contributed by atoms with Crippen molar-refractivity contribution in [1.82, 2.24) is 0 Å². The van der Waals surface area contributed by atoms with E-state index in [1.165, 1.54) is 25.1 Å². The van der Waals surface area contributed by atoms with E-state index in [9.17, 15) is 18.5 Å². The van der Waals surface area contributed by atoms with Crippen LogP contribution in [0.5, 0.6) is 0 Å². The Labute approximate surface area is 87.8 Å². The molecule has 1 rings (SSSR count). The summed E-state index contributed by atoms with van der Waals surface area (Å²) in [5.74, 6) is 0.713. The van der Waals surface area contributed by atoms with Gasteiger partial charge in [-0.25, -0.2) is 8.42 Å². The molecule has 1 aromatic rings. The zero-order valence-electron chi connectivity index (χ0n) is 8.08. The molecule has 1 aromatic carbocycles. The summed E-state index contributed by atoms with van der Waals surface area (Å²) in [7, 11) is -3.36. The van der Waals surface area contributed by atoms with Gasteiger partial charge in [-0.2, -0.15) is 0 Å². The van der Waals surface area contributed by atoms with E-state index in [-0.39, 0.29) is 17.0 Å². The van der Waals surface area contributed by atoms with Gasteiger partial charge in [-0.15, -0.1) is 0 Å². The van der Waals surface area contributed by atoms with Crippen molar-refractivity contribution in [3.63, 3.8) is 0 Å². The number of sulfone groups is 1. The summed E-state index contributed by atoms with van der Waals surface area (Å²) in [5.41, 5.74) is 0.0449. The maximum atomic E-state index is 11.3. The fourth-order valence-corrected chi connectivity index (χ4v) is 1.96. The topological polar surface area (TPSA) is 77.3 Å². The fraction of sp³-hybridized carbons (Fsp3) is 0.222. The smallest absolute Gasteiger partial charge is 0.258 e. The lowest BCUT2D eigenvalue weighted by molar-refractivity contribution is -0.385. The molecule has 0 spiro atoms. The molecule has 81 valence electrons. The Morgan fingerprint density at radius 1 is 1.40 bits per heavy atom. The first-order chi connectivity index (χ1) is 6.96. The third-order valence-electron chi connectivity index (χ3n) is 1.90. The molecule has 0 aromatic heterocycles. The van der Waals surface area contributed by atoms with E-state index in [1.807, 2.05) is 0 Å². The van der Waals surface area contributed by atoms with Crippen molar-refractivity contribution in [2.24, 2.45) is 0 Å².